The zero-order valence-corrected chi connectivity index (χ0v) is 14.4. The van der Waals surface area contributed by atoms with Gasteiger partial charge in [0.25, 0.3) is 5.91 Å². The first-order valence-corrected chi connectivity index (χ1v) is 8.35. The number of methoxy groups -OCH3 is 1. The van der Waals surface area contributed by atoms with Gasteiger partial charge in [0.1, 0.15) is 6.04 Å². The molecule has 0 heterocycles. The molecule has 6 heteroatoms. The molecular formula is C18H25NO5. The van der Waals surface area contributed by atoms with Crippen LogP contribution in [0.15, 0.2) is 18.2 Å². The fraction of sp³-hybridized carbons (Fsp3) is 0.556. The van der Waals surface area contributed by atoms with Gasteiger partial charge in [-0.2, -0.15) is 0 Å². The summed E-state index contributed by atoms with van der Waals surface area (Å²) in [5, 5.41) is 9.25. The molecule has 1 atom stereocenters. The van der Waals surface area contributed by atoms with E-state index in [-0.39, 0.29) is 11.9 Å². The fourth-order valence-electron chi connectivity index (χ4n) is 2.53. The van der Waals surface area contributed by atoms with Crippen molar-refractivity contribution < 1.29 is 24.2 Å². The summed E-state index contributed by atoms with van der Waals surface area (Å²) in [5.74, 6) is -0.213. The second kappa shape index (κ2) is 8.04. The lowest BCUT2D eigenvalue weighted by molar-refractivity contribution is -0.141. The van der Waals surface area contributed by atoms with Crippen LogP contribution in [0, 0.1) is 0 Å². The van der Waals surface area contributed by atoms with Crippen LogP contribution in [0.2, 0.25) is 0 Å². The average molecular weight is 335 g/mol. The number of carboxylic acids is 1. The predicted molar refractivity (Wildman–Crippen MR) is 89.7 cm³/mol. The van der Waals surface area contributed by atoms with Crippen molar-refractivity contribution in [2.75, 3.05) is 13.7 Å². The van der Waals surface area contributed by atoms with Gasteiger partial charge in [0.2, 0.25) is 0 Å². The Bertz CT molecular complexity index is 597. The molecule has 2 rings (SSSR count). The van der Waals surface area contributed by atoms with Crippen LogP contribution in [0.5, 0.6) is 11.5 Å². The van der Waals surface area contributed by atoms with Crippen LogP contribution in [0.25, 0.3) is 0 Å². The molecule has 0 aromatic heterocycles. The first kappa shape index (κ1) is 18.1. The van der Waals surface area contributed by atoms with E-state index < -0.39 is 12.0 Å². The Labute approximate surface area is 142 Å². The van der Waals surface area contributed by atoms with E-state index in [0.29, 0.717) is 23.7 Å². The van der Waals surface area contributed by atoms with Crippen LogP contribution in [0.1, 0.15) is 49.9 Å². The minimum absolute atomic E-state index is 0.00933. The zero-order valence-electron chi connectivity index (χ0n) is 14.4. The summed E-state index contributed by atoms with van der Waals surface area (Å²) < 4.78 is 11.0. The predicted octanol–water partition coefficient (Wildman–Crippen LogP) is 2.95. The number of unbranched alkanes of at least 4 members (excludes halogenated alkanes) is 1. The Morgan fingerprint density at radius 3 is 2.58 bits per heavy atom. The van der Waals surface area contributed by atoms with Crippen molar-refractivity contribution in [1.29, 1.82) is 0 Å². The van der Waals surface area contributed by atoms with Gasteiger partial charge in [-0.15, -0.1) is 0 Å². The highest BCUT2D eigenvalue weighted by molar-refractivity contribution is 5.97. The number of nitrogens with zero attached hydrogens (tertiary/aromatic N) is 1. The van der Waals surface area contributed by atoms with Gasteiger partial charge in [-0.1, -0.05) is 13.3 Å². The van der Waals surface area contributed by atoms with Crippen LogP contribution in [-0.2, 0) is 4.79 Å². The molecule has 1 fully saturated rings. The van der Waals surface area contributed by atoms with E-state index in [1.807, 2.05) is 0 Å². The maximum Gasteiger partial charge on any atom is 0.326 e. The number of ether oxygens (including phenoxy) is 2. The molecule has 0 saturated heterocycles. The highest BCUT2D eigenvalue weighted by Gasteiger charge is 2.38. The maximum absolute atomic E-state index is 12.8. The summed E-state index contributed by atoms with van der Waals surface area (Å²) in [5.41, 5.74) is 0.412. The first-order chi connectivity index (χ1) is 11.5. The molecule has 1 aliphatic carbocycles. The second-order valence-corrected chi connectivity index (χ2v) is 6.03. The van der Waals surface area contributed by atoms with Crippen molar-refractivity contribution >= 4 is 11.9 Å². The average Bonchev–Trinajstić information content (AvgIpc) is 3.40. The van der Waals surface area contributed by atoms with E-state index in [1.54, 1.807) is 18.2 Å². The normalized spacial score (nSPS) is 14.8. The van der Waals surface area contributed by atoms with Crippen LogP contribution >= 0.6 is 0 Å². The Morgan fingerprint density at radius 2 is 2.04 bits per heavy atom. The quantitative estimate of drug-likeness (QED) is 0.702. The number of carbonyl (C=O) groups is 2. The Balaban J connectivity index is 2.20. The zero-order chi connectivity index (χ0) is 17.7. The van der Waals surface area contributed by atoms with Gasteiger partial charge in [-0.3, -0.25) is 4.79 Å². The number of aliphatic carboxylic acids is 1. The minimum Gasteiger partial charge on any atom is -0.493 e. The Hall–Kier alpha value is -2.24. The summed E-state index contributed by atoms with van der Waals surface area (Å²) in [6.07, 6.45) is 3.66. The van der Waals surface area contributed by atoms with Gasteiger partial charge < -0.3 is 19.5 Å². The smallest absolute Gasteiger partial charge is 0.326 e. The molecule has 0 radical (unpaired) electrons. The Kier molecular flexibility index (Phi) is 6.06. The van der Waals surface area contributed by atoms with Gasteiger partial charge in [0.05, 0.1) is 13.7 Å². The molecule has 1 aromatic rings. The molecule has 1 N–H and O–H groups in total. The third kappa shape index (κ3) is 4.19. The summed E-state index contributed by atoms with van der Waals surface area (Å²) >= 11 is 0. The summed E-state index contributed by atoms with van der Waals surface area (Å²) in [7, 11) is 1.52. The SMILES string of the molecule is CCCCOc1ccc(C(=O)N(C2CC2)C(C)C(=O)O)cc1OC. The van der Waals surface area contributed by atoms with Crippen molar-refractivity contribution in [3.8, 4) is 11.5 Å². The number of rotatable bonds is 9. The molecule has 0 bridgehead atoms. The number of benzene rings is 1. The number of hydrogen-bond acceptors (Lipinski definition) is 4. The molecule has 0 spiro atoms. The van der Waals surface area contributed by atoms with E-state index in [1.165, 1.54) is 18.9 Å². The number of hydrogen-bond donors (Lipinski definition) is 1. The van der Waals surface area contributed by atoms with Crippen molar-refractivity contribution in [1.82, 2.24) is 4.90 Å². The van der Waals surface area contributed by atoms with Crippen LogP contribution in [0.4, 0.5) is 0 Å². The van der Waals surface area contributed by atoms with E-state index in [2.05, 4.69) is 6.92 Å². The van der Waals surface area contributed by atoms with Crippen molar-refractivity contribution in [3.05, 3.63) is 23.8 Å². The number of carbonyl (C=O) groups excluding carboxylic acids is 1. The second-order valence-electron chi connectivity index (χ2n) is 6.03. The Morgan fingerprint density at radius 1 is 1.33 bits per heavy atom. The van der Waals surface area contributed by atoms with Crippen LogP contribution < -0.4 is 9.47 Å². The van der Waals surface area contributed by atoms with E-state index >= 15 is 0 Å². The molecule has 1 unspecified atom stereocenters. The highest BCUT2D eigenvalue weighted by atomic mass is 16.5. The van der Waals surface area contributed by atoms with Gasteiger partial charge in [-0.05, 0) is 44.4 Å². The molecule has 24 heavy (non-hydrogen) atoms. The van der Waals surface area contributed by atoms with Crippen molar-refractivity contribution in [3.63, 3.8) is 0 Å². The molecule has 1 aromatic carbocycles. The number of carboxylic acid groups (broad SMARTS) is 1. The highest BCUT2D eigenvalue weighted by Crippen LogP contribution is 2.33. The summed E-state index contributed by atoms with van der Waals surface area (Å²) in [6.45, 7) is 4.21. The largest absolute Gasteiger partial charge is 0.493 e. The van der Waals surface area contributed by atoms with E-state index in [0.717, 1.165) is 25.7 Å². The number of amides is 1. The summed E-state index contributed by atoms with van der Waals surface area (Å²) in [4.78, 5) is 25.5. The van der Waals surface area contributed by atoms with E-state index in [4.69, 9.17) is 9.47 Å². The van der Waals surface area contributed by atoms with E-state index in [9.17, 15) is 14.7 Å². The van der Waals surface area contributed by atoms with Crippen LogP contribution in [0.3, 0.4) is 0 Å². The van der Waals surface area contributed by atoms with Crippen LogP contribution in [-0.4, -0.2) is 47.7 Å². The van der Waals surface area contributed by atoms with Crippen molar-refractivity contribution in [2.45, 2.75) is 51.6 Å². The third-order valence-electron chi connectivity index (χ3n) is 4.12. The van der Waals surface area contributed by atoms with Crippen molar-refractivity contribution in [2.24, 2.45) is 0 Å². The lowest BCUT2D eigenvalue weighted by Gasteiger charge is -2.26. The maximum atomic E-state index is 12.8. The topological polar surface area (TPSA) is 76.1 Å². The third-order valence-corrected chi connectivity index (χ3v) is 4.12. The standard InChI is InChI=1S/C18H25NO5/c1-4-5-10-24-15-9-6-13(11-16(15)23-3)17(20)19(14-7-8-14)12(2)18(21)22/h6,9,11-12,14H,4-5,7-8,10H2,1-3H3,(H,21,22). The molecular weight excluding hydrogens is 310 g/mol. The minimum atomic E-state index is -0.998. The molecule has 132 valence electrons. The molecule has 1 aliphatic rings. The molecule has 1 saturated carbocycles. The lowest BCUT2D eigenvalue weighted by Crippen LogP contribution is -2.44. The monoisotopic (exact) mass is 335 g/mol. The summed E-state index contributed by atoms with van der Waals surface area (Å²) in [6, 6.07) is 4.15. The van der Waals surface area contributed by atoms with Gasteiger partial charge in [0.15, 0.2) is 11.5 Å². The molecule has 1 amide bonds. The molecule has 0 aliphatic heterocycles. The lowest BCUT2D eigenvalue weighted by atomic mass is 10.1. The van der Waals surface area contributed by atoms with Gasteiger partial charge >= 0.3 is 5.97 Å². The van der Waals surface area contributed by atoms with Gasteiger partial charge in [-0.25, -0.2) is 4.79 Å². The van der Waals surface area contributed by atoms with Gasteiger partial charge in [0, 0.05) is 11.6 Å². The molecule has 6 nitrogen and oxygen atoms in total. The first-order valence-electron chi connectivity index (χ1n) is 8.35. The fourth-order valence-corrected chi connectivity index (χ4v) is 2.53.